The number of hydrogen-bond acceptors (Lipinski definition) is 6. The number of rotatable bonds is 4. The lowest BCUT2D eigenvalue weighted by Crippen LogP contribution is -2.69. The number of ether oxygens (including phenoxy) is 2. The molecule has 4 aliphatic rings. The number of methoxy groups -OCH3 is 1. The summed E-state index contributed by atoms with van der Waals surface area (Å²) in [4.78, 5) is 17.3. The molecule has 7 heteroatoms. The summed E-state index contributed by atoms with van der Waals surface area (Å²) < 4.78 is 26.0. The molecule has 0 radical (unpaired) electrons. The summed E-state index contributed by atoms with van der Waals surface area (Å²) >= 11 is 0. The molecule has 2 heterocycles. The number of para-hydroxylation sites is 1. The molecule has 4 fully saturated rings. The normalized spacial score (nSPS) is 41.4. The third kappa shape index (κ3) is 3.58. The Kier molecular flexibility index (Phi) is 5.73. The van der Waals surface area contributed by atoms with Crippen molar-refractivity contribution < 1.29 is 23.8 Å². The maximum Gasteiger partial charge on any atom is 0.310 e. The van der Waals surface area contributed by atoms with E-state index in [1.54, 1.807) is 13.2 Å². The van der Waals surface area contributed by atoms with Crippen LogP contribution in [0.2, 0.25) is 0 Å². The summed E-state index contributed by atoms with van der Waals surface area (Å²) in [6.45, 7) is 7.78. The van der Waals surface area contributed by atoms with Crippen LogP contribution in [0.3, 0.4) is 0 Å². The average Bonchev–Trinajstić information content (AvgIpc) is 3.07. The summed E-state index contributed by atoms with van der Waals surface area (Å²) in [5.74, 6) is -0.578. The van der Waals surface area contributed by atoms with E-state index >= 15 is 0 Å². The molecule has 0 bridgehead atoms. The molecular weight excluding hydrogens is 423 g/mol. The van der Waals surface area contributed by atoms with Crippen molar-refractivity contribution in [2.24, 2.45) is 17.3 Å². The van der Waals surface area contributed by atoms with Gasteiger partial charge in [-0.25, -0.2) is 4.39 Å². The van der Waals surface area contributed by atoms with Gasteiger partial charge < -0.3 is 19.5 Å². The van der Waals surface area contributed by atoms with Crippen LogP contribution in [0, 0.1) is 23.1 Å². The fourth-order valence-corrected chi connectivity index (χ4v) is 7.25. The molecular formula is C26H37FN2O4. The van der Waals surface area contributed by atoms with E-state index < -0.39 is 11.2 Å². The fourth-order valence-electron chi connectivity index (χ4n) is 7.25. The van der Waals surface area contributed by atoms with E-state index in [0.717, 1.165) is 45.4 Å². The van der Waals surface area contributed by atoms with E-state index in [1.807, 2.05) is 19.1 Å². The molecule has 6 nitrogen and oxygen atoms in total. The zero-order valence-corrected chi connectivity index (χ0v) is 20.1. The summed E-state index contributed by atoms with van der Waals surface area (Å²) in [7, 11) is 1.69. The maximum atomic E-state index is 14.2. The molecule has 6 atom stereocenters. The molecule has 0 amide bonds. The van der Waals surface area contributed by atoms with Crippen molar-refractivity contribution in [1.29, 1.82) is 0 Å². The monoisotopic (exact) mass is 460 g/mol. The minimum absolute atomic E-state index is 0.00672. The van der Waals surface area contributed by atoms with Crippen LogP contribution >= 0.6 is 0 Å². The van der Waals surface area contributed by atoms with Crippen molar-refractivity contribution >= 4 is 11.7 Å². The molecule has 2 aliphatic carbocycles. The lowest BCUT2D eigenvalue weighted by Gasteiger charge is -2.62. The maximum absolute atomic E-state index is 14.2. The van der Waals surface area contributed by atoms with Gasteiger partial charge in [-0.15, -0.1) is 0 Å². The van der Waals surface area contributed by atoms with Crippen molar-refractivity contribution in [1.82, 2.24) is 4.90 Å². The van der Waals surface area contributed by atoms with E-state index in [2.05, 4.69) is 16.7 Å². The number of carbonyl (C=O) groups excluding carboxylic acids is 1. The molecule has 182 valence electrons. The molecule has 0 spiro atoms. The molecule has 0 unspecified atom stereocenters. The van der Waals surface area contributed by atoms with Crippen molar-refractivity contribution in [3.05, 3.63) is 30.1 Å². The number of anilines is 1. The Labute approximate surface area is 196 Å². The largest absolute Gasteiger partial charge is 0.462 e. The van der Waals surface area contributed by atoms with E-state index in [4.69, 9.17) is 9.47 Å². The molecule has 2 saturated carbocycles. The van der Waals surface area contributed by atoms with Gasteiger partial charge in [-0.05, 0) is 51.2 Å². The second-order valence-corrected chi connectivity index (χ2v) is 11.1. The molecule has 1 aromatic carbocycles. The number of benzene rings is 1. The van der Waals surface area contributed by atoms with Gasteiger partial charge in [0.05, 0.1) is 22.8 Å². The number of fused-ring (bicyclic) bond motifs is 2. The molecule has 5 rings (SSSR count). The van der Waals surface area contributed by atoms with Crippen LogP contribution in [0.5, 0.6) is 0 Å². The van der Waals surface area contributed by atoms with Gasteiger partial charge in [-0.1, -0.05) is 19.1 Å². The third-order valence-electron chi connectivity index (χ3n) is 9.47. The summed E-state index contributed by atoms with van der Waals surface area (Å²) in [5.41, 5.74) is -1.28. The van der Waals surface area contributed by atoms with Crippen molar-refractivity contribution in [2.45, 2.75) is 63.3 Å². The minimum atomic E-state index is -0.982. The SMILES string of the molecule is CO[C@]1(C)CCC[C@]2(C)C[C@H]3OC(=O)[C@H](CN4CCN(c5ccccc5F)CC4)[C@H]3C[C@]21O. The first-order valence-electron chi connectivity index (χ1n) is 12.4. The average molecular weight is 461 g/mol. The Balaban J connectivity index is 1.29. The Bertz CT molecular complexity index is 906. The van der Waals surface area contributed by atoms with Gasteiger partial charge >= 0.3 is 5.97 Å². The van der Waals surface area contributed by atoms with Gasteiger partial charge in [0.15, 0.2) is 0 Å². The topological polar surface area (TPSA) is 62.2 Å². The number of hydrogen-bond donors (Lipinski definition) is 1. The molecule has 1 N–H and O–H groups in total. The number of carbonyl (C=O) groups is 1. The van der Waals surface area contributed by atoms with E-state index in [1.165, 1.54) is 6.07 Å². The van der Waals surface area contributed by atoms with Gasteiger partial charge in [0.2, 0.25) is 0 Å². The van der Waals surface area contributed by atoms with Gasteiger partial charge in [-0.3, -0.25) is 9.69 Å². The second-order valence-electron chi connectivity index (χ2n) is 11.1. The van der Waals surface area contributed by atoms with Crippen LogP contribution in [-0.4, -0.2) is 73.1 Å². The van der Waals surface area contributed by atoms with Gasteiger partial charge in [-0.2, -0.15) is 0 Å². The first kappa shape index (κ1) is 23.1. The molecule has 0 aromatic heterocycles. The van der Waals surface area contributed by atoms with Crippen molar-refractivity contribution in [3.63, 3.8) is 0 Å². The summed E-state index contributed by atoms with van der Waals surface area (Å²) in [6.07, 6.45) is 3.84. The van der Waals surface area contributed by atoms with Crippen molar-refractivity contribution in [3.8, 4) is 0 Å². The highest BCUT2D eigenvalue weighted by molar-refractivity contribution is 5.75. The van der Waals surface area contributed by atoms with Crippen LogP contribution in [0.4, 0.5) is 10.1 Å². The lowest BCUT2D eigenvalue weighted by molar-refractivity contribution is -0.270. The standard InChI is InChI=1S/C26H37FN2O4/c1-24-9-6-10-25(2,32-3)26(24,31)15-18-19(23(30)33-22(18)16-24)17-28-11-13-29(14-12-28)21-8-5-4-7-20(21)27/h4-5,7-8,18-19,22,31H,6,9-17H2,1-3H3/t18-,19-,22-,24-,25-,26+/m1/s1. The number of nitrogens with zero attached hydrogens (tertiary/aromatic N) is 2. The molecule has 2 saturated heterocycles. The second kappa shape index (κ2) is 8.21. The number of piperazine rings is 1. The Morgan fingerprint density at radius 1 is 1.15 bits per heavy atom. The van der Waals surface area contributed by atoms with Crippen LogP contribution in [0.15, 0.2) is 24.3 Å². The van der Waals surface area contributed by atoms with Crippen LogP contribution in [0.25, 0.3) is 0 Å². The van der Waals surface area contributed by atoms with Crippen LogP contribution in [0.1, 0.15) is 46.0 Å². The van der Waals surface area contributed by atoms with Crippen LogP contribution in [-0.2, 0) is 14.3 Å². The van der Waals surface area contributed by atoms with Gasteiger partial charge in [0.1, 0.15) is 11.9 Å². The highest BCUT2D eigenvalue weighted by atomic mass is 19.1. The zero-order valence-electron chi connectivity index (χ0n) is 20.1. The molecule has 2 aliphatic heterocycles. The third-order valence-corrected chi connectivity index (χ3v) is 9.47. The fraction of sp³-hybridized carbons (Fsp3) is 0.731. The van der Waals surface area contributed by atoms with E-state index in [-0.39, 0.29) is 35.1 Å². The minimum Gasteiger partial charge on any atom is -0.462 e. The Morgan fingerprint density at radius 3 is 2.58 bits per heavy atom. The number of aliphatic hydroxyl groups is 1. The predicted molar refractivity (Wildman–Crippen MR) is 123 cm³/mol. The Hall–Kier alpha value is -1.70. The quantitative estimate of drug-likeness (QED) is 0.697. The van der Waals surface area contributed by atoms with Gasteiger partial charge in [0.25, 0.3) is 0 Å². The highest BCUT2D eigenvalue weighted by Crippen LogP contribution is 2.61. The number of esters is 1. The number of halogens is 1. The zero-order chi connectivity index (χ0) is 23.4. The predicted octanol–water partition coefficient (Wildman–Crippen LogP) is 3.23. The Morgan fingerprint density at radius 2 is 1.88 bits per heavy atom. The molecule has 33 heavy (non-hydrogen) atoms. The van der Waals surface area contributed by atoms with Gasteiger partial charge in [0, 0.05) is 51.2 Å². The summed E-state index contributed by atoms with van der Waals surface area (Å²) in [5, 5.41) is 12.1. The lowest BCUT2D eigenvalue weighted by atomic mass is 9.49. The highest BCUT2D eigenvalue weighted by Gasteiger charge is 2.67. The van der Waals surface area contributed by atoms with Crippen molar-refractivity contribution in [2.75, 3.05) is 44.7 Å². The van der Waals surface area contributed by atoms with Crippen LogP contribution < -0.4 is 4.90 Å². The van der Waals surface area contributed by atoms with E-state index in [9.17, 15) is 14.3 Å². The first-order chi connectivity index (χ1) is 15.7. The van der Waals surface area contributed by atoms with E-state index in [0.29, 0.717) is 25.1 Å². The summed E-state index contributed by atoms with van der Waals surface area (Å²) in [6, 6.07) is 6.89. The first-order valence-corrected chi connectivity index (χ1v) is 12.4. The smallest absolute Gasteiger partial charge is 0.310 e. The molecule has 1 aromatic rings.